The largest absolute Gasteiger partial charge is 0.289 e. The molecule has 0 radical (unpaired) electrons. The molecule has 0 fully saturated rings. The normalized spacial score (nSPS) is 15.4. The van der Waals surface area contributed by atoms with E-state index in [2.05, 4.69) is 138 Å². The van der Waals surface area contributed by atoms with Crippen LogP contribution in [0, 0.1) is 0 Å². The van der Waals surface area contributed by atoms with Crippen LogP contribution in [0.4, 0.5) is 0 Å². The maximum absolute atomic E-state index is 13.0. The van der Waals surface area contributed by atoms with E-state index in [1.165, 1.54) is 49.4 Å². The first-order chi connectivity index (χ1) is 23.9. The summed E-state index contributed by atoms with van der Waals surface area (Å²) >= 11 is 7.19. The van der Waals surface area contributed by atoms with Crippen molar-refractivity contribution >= 4 is 65.0 Å². The molecule has 0 bridgehead atoms. The number of carbonyl (C=O) groups excluding carboxylic acids is 2. The summed E-state index contributed by atoms with van der Waals surface area (Å²) in [6, 6.07) is 41.9. The number of hydrogen-bond donors (Lipinski definition) is 0. The van der Waals surface area contributed by atoms with Crippen molar-refractivity contribution in [2.24, 2.45) is 0 Å². The van der Waals surface area contributed by atoms with E-state index in [0.717, 1.165) is 25.6 Å². The van der Waals surface area contributed by atoms with Gasteiger partial charge >= 0.3 is 0 Å². The van der Waals surface area contributed by atoms with Crippen LogP contribution in [0.25, 0.3) is 43.8 Å². The Balaban J connectivity index is 0.000000135. The van der Waals surface area contributed by atoms with Gasteiger partial charge in [0.05, 0.1) is 0 Å². The number of ketones is 2. The second-order valence-electron chi connectivity index (χ2n) is 14.7. The van der Waals surface area contributed by atoms with Crippen molar-refractivity contribution in [3.63, 3.8) is 0 Å². The van der Waals surface area contributed by atoms with Crippen molar-refractivity contribution in [3.05, 3.63) is 175 Å². The molecule has 0 unspecified atom stereocenters. The molecule has 0 aliphatic heterocycles. The topological polar surface area (TPSA) is 34.1 Å². The summed E-state index contributed by atoms with van der Waals surface area (Å²) in [5.74, 6) is -0.132. The molecule has 7 aromatic carbocycles. The highest BCUT2D eigenvalue weighted by atomic mass is 79.9. The Morgan fingerprint density at radius 3 is 1.32 bits per heavy atom. The SMILES string of the molecule is CC1(C)c2cc(Br)ccc2-c2cc3c(cc21)C(=O)c1ccccc1C3=O.CC1(C)c2cc(Br)ccc2-c2cc3cc4ccccc4cc3cc21. The highest BCUT2D eigenvalue weighted by Gasteiger charge is 2.40. The van der Waals surface area contributed by atoms with E-state index in [1.54, 1.807) is 24.3 Å². The van der Waals surface area contributed by atoms with Gasteiger partial charge in [0, 0.05) is 42.0 Å². The Kier molecular flexibility index (Phi) is 6.85. The Morgan fingerprint density at radius 1 is 0.360 bits per heavy atom. The zero-order chi connectivity index (χ0) is 34.7. The maximum Gasteiger partial charge on any atom is 0.194 e. The van der Waals surface area contributed by atoms with Crippen molar-refractivity contribution in [2.45, 2.75) is 38.5 Å². The third-order valence-electron chi connectivity index (χ3n) is 11.1. The van der Waals surface area contributed by atoms with Crippen LogP contribution in [-0.4, -0.2) is 11.6 Å². The van der Waals surface area contributed by atoms with Crippen LogP contribution in [0.1, 0.15) is 81.8 Å². The molecule has 0 spiro atoms. The number of carbonyl (C=O) groups is 2. The smallest absolute Gasteiger partial charge is 0.194 e. The van der Waals surface area contributed by atoms with Gasteiger partial charge < -0.3 is 0 Å². The molecule has 0 atom stereocenters. The van der Waals surface area contributed by atoms with Gasteiger partial charge in [-0.15, -0.1) is 0 Å². The van der Waals surface area contributed by atoms with Crippen LogP contribution in [0.15, 0.2) is 130 Å². The predicted octanol–water partition coefficient (Wildman–Crippen LogP) is 12.6. The monoisotopic (exact) mass is 774 g/mol. The second kappa shape index (κ2) is 10.9. The van der Waals surface area contributed by atoms with Gasteiger partial charge in [0.15, 0.2) is 11.6 Å². The molecule has 7 aromatic rings. The average Bonchev–Trinajstić information content (AvgIpc) is 3.46. The third-order valence-corrected chi connectivity index (χ3v) is 12.1. The van der Waals surface area contributed by atoms with Gasteiger partial charge in [-0.25, -0.2) is 0 Å². The molecule has 0 aromatic heterocycles. The molecular weight excluding hydrogens is 744 g/mol. The number of hydrogen-bond acceptors (Lipinski definition) is 2. The number of benzene rings is 7. The van der Waals surface area contributed by atoms with Crippen LogP contribution >= 0.6 is 31.9 Å². The molecule has 242 valence electrons. The minimum Gasteiger partial charge on any atom is -0.289 e. The molecular formula is C46H32Br2O2. The summed E-state index contributed by atoms with van der Waals surface area (Å²) in [7, 11) is 0. The van der Waals surface area contributed by atoms with E-state index in [0.29, 0.717) is 22.3 Å². The Bertz CT molecular complexity index is 2660. The lowest BCUT2D eigenvalue weighted by Crippen LogP contribution is -2.22. The summed E-state index contributed by atoms with van der Waals surface area (Å²) in [4.78, 5) is 26.1. The highest BCUT2D eigenvalue weighted by Crippen LogP contribution is 2.52. The van der Waals surface area contributed by atoms with Gasteiger partial charge in [0.1, 0.15) is 0 Å². The summed E-state index contributed by atoms with van der Waals surface area (Å²) in [5, 5.41) is 5.26. The number of fused-ring (bicyclic) bond motifs is 10. The standard InChI is InChI=1S/C23H15BrO2.C23H17Br/c1-23(2)19-9-12(24)7-8-13(19)16-10-17-18(11-20(16)23)22(26)15-6-4-3-5-14(15)21(17)25;1-23(2)21-12-17-10-15-6-4-3-5-14(15)9-16(17)11-20(21)19-8-7-18(24)13-22(19)23/h3-11H,1-2H3;3-13H,1-2H3. The van der Waals surface area contributed by atoms with Gasteiger partial charge in [0.25, 0.3) is 0 Å². The van der Waals surface area contributed by atoms with Gasteiger partial charge in [-0.3, -0.25) is 9.59 Å². The van der Waals surface area contributed by atoms with Gasteiger partial charge in [-0.2, -0.15) is 0 Å². The zero-order valence-electron chi connectivity index (χ0n) is 28.1. The molecule has 50 heavy (non-hydrogen) atoms. The fourth-order valence-electron chi connectivity index (χ4n) is 8.44. The second-order valence-corrected chi connectivity index (χ2v) is 16.6. The molecule has 4 heteroatoms. The van der Waals surface area contributed by atoms with Crippen LogP contribution < -0.4 is 0 Å². The molecule has 3 aliphatic carbocycles. The van der Waals surface area contributed by atoms with Crippen LogP contribution in [0.5, 0.6) is 0 Å². The quantitative estimate of drug-likeness (QED) is 0.144. The van der Waals surface area contributed by atoms with Crippen molar-refractivity contribution in [1.82, 2.24) is 0 Å². The minimum absolute atomic E-state index is 0.0360. The summed E-state index contributed by atoms with van der Waals surface area (Å²) in [6.45, 7) is 8.99. The minimum atomic E-state index is -0.218. The van der Waals surface area contributed by atoms with Gasteiger partial charge in [0.2, 0.25) is 0 Å². The lowest BCUT2D eigenvalue weighted by molar-refractivity contribution is 0.0979. The summed E-state index contributed by atoms with van der Waals surface area (Å²) in [6.07, 6.45) is 0. The molecule has 2 nitrogen and oxygen atoms in total. The molecule has 0 N–H and O–H groups in total. The Labute approximate surface area is 308 Å². The zero-order valence-corrected chi connectivity index (χ0v) is 31.3. The van der Waals surface area contributed by atoms with Gasteiger partial charge in [-0.05, 0) is 127 Å². The lowest BCUT2D eigenvalue weighted by atomic mass is 9.78. The van der Waals surface area contributed by atoms with Crippen LogP contribution in [0.3, 0.4) is 0 Å². The van der Waals surface area contributed by atoms with E-state index >= 15 is 0 Å². The van der Waals surface area contributed by atoms with Crippen LogP contribution in [0.2, 0.25) is 0 Å². The van der Waals surface area contributed by atoms with Crippen molar-refractivity contribution in [3.8, 4) is 22.3 Å². The first kappa shape index (κ1) is 31.3. The summed E-state index contributed by atoms with van der Waals surface area (Å²) in [5.41, 5.74) is 11.9. The van der Waals surface area contributed by atoms with E-state index < -0.39 is 0 Å². The molecule has 3 aliphatic rings. The molecule has 0 saturated heterocycles. The first-order valence-corrected chi connectivity index (χ1v) is 18.5. The fraction of sp³-hybridized carbons (Fsp3) is 0.130. The Hall–Kier alpha value is -4.64. The highest BCUT2D eigenvalue weighted by molar-refractivity contribution is 9.10. The van der Waals surface area contributed by atoms with E-state index in [4.69, 9.17) is 0 Å². The molecule has 0 saturated carbocycles. The van der Waals surface area contributed by atoms with Crippen molar-refractivity contribution in [1.29, 1.82) is 0 Å². The van der Waals surface area contributed by atoms with Crippen molar-refractivity contribution < 1.29 is 9.59 Å². The first-order valence-electron chi connectivity index (χ1n) is 16.9. The van der Waals surface area contributed by atoms with E-state index in [1.807, 2.05) is 18.2 Å². The third kappa shape index (κ3) is 4.51. The van der Waals surface area contributed by atoms with Crippen LogP contribution in [-0.2, 0) is 10.8 Å². The predicted molar refractivity (Wildman–Crippen MR) is 212 cm³/mol. The molecule has 10 rings (SSSR count). The lowest BCUT2D eigenvalue weighted by Gasteiger charge is -2.24. The average molecular weight is 777 g/mol. The van der Waals surface area contributed by atoms with Gasteiger partial charge in [-0.1, -0.05) is 120 Å². The van der Waals surface area contributed by atoms with Crippen molar-refractivity contribution in [2.75, 3.05) is 0 Å². The number of rotatable bonds is 0. The number of halogens is 2. The van der Waals surface area contributed by atoms with E-state index in [9.17, 15) is 9.59 Å². The Morgan fingerprint density at radius 2 is 0.780 bits per heavy atom. The van der Waals surface area contributed by atoms with E-state index in [-0.39, 0.29) is 22.4 Å². The maximum atomic E-state index is 13.0. The fourth-order valence-corrected chi connectivity index (χ4v) is 9.17. The molecule has 0 heterocycles. The molecule has 0 amide bonds. The summed E-state index contributed by atoms with van der Waals surface area (Å²) < 4.78 is 2.18.